The van der Waals surface area contributed by atoms with Crippen LogP contribution in [0.4, 0.5) is 0 Å². The van der Waals surface area contributed by atoms with E-state index in [1.54, 1.807) is 12.1 Å². The SMILES string of the molecule is COC(=O)c1cc(C#CCCNC(C)=O)ccn1. The molecule has 0 aliphatic carbocycles. The van der Waals surface area contributed by atoms with Crippen LogP contribution in [-0.2, 0) is 9.53 Å². The second-order valence-corrected chi connectivity index (χ2v) is 3.46. The van der Waals surface area contributed by atoms with Gasteiger partial charge in [0.1, 0.15) is 5.69 Å². The molecular formula is C13H14N2O3. The molecule has 0 aromatic carbocycles. The Morgan fingerprint density at radius 2 is 2.28 bits per heavy atom. The van der Waals surface area contributed by atoms with Gasteiger partial charge in [0.05, 0.1) is 7.11 Å². The first-order valence-corrected chi connectivity index (χ1v) is 5.41. The van der Waals surface area contributed by atoms with Gasteiger partial charge in [-0.05, 0) is 12.1 Å². The lowest BCUT2D eigenvalue weighted by atomic mass is 10.2. The average Bonchev–Trinajstić information content (AvgIpc) is 2.37. The van der Waals surface area contributed by atoms with Crippen LogP contribution in [0.5, 0.6) is 0 Å². The number of ether oxygens (including phenoxy) is 1. The summed E-state index contributed by atoms with van der Waals surface area (Å²) in [6.45, 7) is 1.97. The van der Waals surface area contributed by atoms with Gasteiger partial charge in [-0.3, -0.25) is 4.79 Å². The van der Waals surface area contributed by atoms with Crippen LogP contribution in [0.15, 0.2) is 18.3 Å². The average molecular weight is 246 g/mol. The largest absolute Gasteiger partial charge is 0.464 e. The first-order valence-electron chi connectivity index (χ1n) is 5.41. The van der Waals surface area contributed by atoms with E-state index in [0.717, 1.165) is 0 Å². The Balaban J connectivity index is 2.59. The van der Waals surface area contributed by atoms with Gasteiger partial charge < -0.3 is 10.1 Å². The van der Waals surface area contributed by atoms with E-state index in [2.05, 4.69) is 26.9 Å². The Morgan fingerprint density at radius 3 is 2.94 bits per heavy atom. The van der Waals surface area contributed by atoms with Gasteiger partial charge in [0, 0.05) is 31.6 Å². The molecule has 0 bridgehead atoms. The van der Waals surface area contributed by atoms with Crippen molar-refractivity contribution in [2.45, 2.75) is 13.3 Å². The van der Waals surface area contributed by atoms with Gasteiger partial charge in [-0.1, -0.05) is 11.8 Å². The monoisotopic (exact) mass is 246 g/mol. The quantitative estimate of drug-likeness (QED) is 0.485. The lowest BCUT2D eigenvalue weighted by molar-refractivity contribution is -0.118. The third-order valence-electron chi connectivity index (χ3n) is 2.01. The zero-order chi connectivity index (χ0) is 13.4. The van der Waals surface area contributed by atoms with Crippen molar-refractivity contribution in [1.29, 1.82) is 0 Å². The van der Waals surface area contributed by atoms with Crippen LogP contribution in [-0.4, -0.2) is 30.5 Å². The highest BCUT2D eigenvalue weighted by atomic mass is 16.5. The fraction of sp³-hybridized carbons (Fsp3) is 0.308. The van der Waals surface area contributed by atoms with Gasteiger partial charge in [0.15, 0.2) is 0 Å². The fourth-order valence-electron chi connectivity index (χ4n) is 1.19. The molecule has 5 nitrogen and oxygen atoms in total. The first kappa shape index (κ1) is 13.7. The summed E-state index contributed by atoms with van der Waals surface area (Å²) in [6.07, 6.45) is 2.06. The zero-order valence-corrected chi connectivity index (χ0v) is 10.3. The Kier molecular flexibility index (Phi) is 5.39. The number of nitrogens with one attached hydrogen (secondary N) is 1. The smallest absolute Gasteiger partial charge is 0.356 e. The summed E-state index contributed by atoms with van der Waals surface area (Å²) in [6, 6.07) is 3.27. The molecule has 0 unspecified atom stereocenters. The molecule has 0 fully saturated rings. The van der Waals surface area contributed by atoms with Crippen molar-refractivity contribution in [2.75, 3.05) is 13.7 Å². The van der Waals surface area contributed by atoms with E-state index in [9.17, 15) is 9.59 Å². The molecule has 0 atom stereocenters. The molecule has 1 aromatic rings. The van der Waals surface area contributed by atoms with Crippen molar-refractivity contribution < 1.29 is 14.3 Å². The van der Waals surface area contributed by atoms with Crippen LogP contribution in [0.25, 0.3) is 0 Å². The molecule has 0 spiro atoms. The van der Waals surface area contributed by atoms with Gasteiger partial charge in [0.2, 0.25) is 5.91 Å². The molecule has 1 rings (SSSR count). The molecule has 0 saturated heterocycles. The topological polar surface area (TPSA) is 68.3 Å². The van der Waals surface area contributed by atoms with Crippen LogP contribution in [0, 0.1) is 11.8 Å². The van der Waals surface area contributed by atoms with E-state index in [1.807, 2.05) is 0 Å². The minimum absolute atomic E-state index is 0.0753. The molecule has 5 heteroatoms. The molecule has 1 aromatic heterocycles. The van der Waals surface area contributed by atoms with E-state index < -0.39 is 5.97 Å². The molecule has 0 saturated carbocycles. The lowest BCUT2D eigenvalue weighted by Crippen LogP contribution is -2.20. The molecule has 1 N–H and O–H groups in total. The molecule has 1 heterocycles. The van der Waals surface area contributed by atoms with E-state index in [-0.39, 0.29) is 11.6 Å². The maximum absolute atomic E-state index is 11.2. The number of rotatable bonds is 3. The van der Waals surface area contributed by atoms with E-state index >= 15 is 0 Å². The summed E-state index contributed by atoms with van der Waals surface area (Å²) in [5, 5.41) is 2.64. The van der Waals surface area contributed by atoms with Gasteiger partial charge in [-0.15, -0.1) is 0 Å². The number of hydrogen-bond donors (Lipinski definition) is 1. The summed E-state index contributed by atoms with van der Waals surface area (Å²) in [7, 11) is 1.30. The number of methoxy groups -OCH3 is 1. The van der Waals surface area contributed by atoms with E-state index in [1.165, 1.54) is 20.2 Å². The van der Waals surface area contributed by atoms with Gasteiger partial charge >= 0.3 is 5.97 Å². The standard InChI is InChI=1S/C13H14N2O3/c1-10(16)14-7-4-3-5-11-6-8-15-12(9-11)13(17)18-2/h6,8-9H,4,7H2,1-2H3,(H,14,16). The third kappa shape index (κ3) is 4.66. The number of aromatic nitrogens is 1. The summed E-state index contributed by atoms with van der Waals surface area (Å²) in [5.41, 5.74) is 0.916. The fourth-order valence-corrected chi connectivity index (χ4v) is 1.19. The maximum Gasteiger partial charge on any atom is 0.356 e. The molecular weight excluding hydrogens is 232 g/mol. The molecule has 1 amide bonds. The van der Waals surface area contributed by atoms with E-state index in [0.29, 0.717) is 18.5 Å². The van der Waals surface area contributed by atoms with Gasteiger partial charge in [0.25, 0.3) is 0 Å². The van der Waals surface area contributed by atoms with Crippen molar-refractivity contribution in [3.05, 3.63) is 29.6 Å². The van der Waals surface area contributed by atoms with Crippen molar-refractivity contribution in [3.8, 4) is 11.8 Å². The second-order valence-electron chi connectivity index (χ2n) is 3.46. The summed E-state index contributed by atoms with van der Waals surface area (Å²) in [5.74, 6) is 5.22. The summed E-state index contributed by atoms with van der Waals surface area (Å²) < 4.78 is 4.56. The normalized spacial score (nSPS) is 9.00. The van der Waals surface area contributed by atoms with E-state index in [4.69, 9.17) is 0 Å². The van der Waals surface area contributed by atoms with Crippen molar-refractivity contribution in [3.63, 3.8) is 0 Å². The maximum atomic E-state index is 11.2. The van der Waals surface area contributed by atoms with Crippen LogP contribution in [0.1, 0.15) is 29.4 Å². The molecule has 94 valence electrons. The first-order chi connectivity index (χ1) is 8.63. The predicted octanol–water partition coefficient (Wildman–Crippen LogP) is 0.746. The number of hydrogen-bond acceptors (Lipinski definition) is 4. The Labute approximate surface area is 106 Å². The summed E-state index contributed by atoms with van der Waals surface area (Å²) in [4.78, 5) is 25.7. The minimum Gasteiger partial charge on any atom is -0.464 e. The second kappa shape index (κ2) is 7.07. The van der Waals surface area contributed by atoms with Crippen LogP contribution in [0.2, 0.25) is 0 Å². The van der Waals surface area contributed by atoms with Crippen LogP contribution >= 0.6 is 0 Å². The number of amides is 1. The number of carbonyl (C=O) groups excluding carboxylic acids is 2. The predicted molar refractivity (Wildman–Crippen MR) is 65.8 cm³/mol. The number of carbonyl (C=O) groups is 2. The van der Waals surface area contributed by atoms with Crippen molar-refractivity contribution in [2.24, 2.45) is 0 Å². The number of esters is 1. The molecule has 0 radical (unpaired) electrons. The highest BCUT2D eigenvalue weighted by Gasteiger charge is 2.05. The highest BCUT2D eigenvalue weighted by molar-refractivity contribution is 5.87. The lowest BCUT2D eigenvalue weighted by Gasteiger charge is -1.98. The van der Waals surface area contributed by atoms with Gasteiger partial charge in [-0.2, -0.15) is 0 Å². The Hall–Kier alpha value is -2.35. The molecule has 18 heavy (non-hydrogen) atoms. The van der Waals surface area contributed by atoms with Crippen molar-refractivity contribution in [1.82, 2.24) is 10.3 Å². The summed E-state index contributed by atoms with van der Waals surface area (Å²) >= 11 is 0. The third-order valence-corrected chi connectivity index (χ3v) is 2.01. The minimum atomic E-state index is -0.489. The number of nitrogens with zero attached hydrogens (tertiary/aromatic N) is 1. The Morgan fingerprint density at radius 1 is 1.50 bits per heavy atom. The zero-order valence-electron chi connectivity index (χ0n) is 10.3. The molecule has 0 aliphatic rings. The van der Waals surface area contributed by atoms with Gasteiger partial charge in [-0.25, -0.2) is 9.78 Å². The highest BCUT2D eigenvalue weighted by Crippen LogP contribution is 2.01. The number of pyridine rings is 1. The molecule has 0 aliphatic heterocycles. The van der Waals surface area contributed by atoms with Crippen LogP contribution < -0.4 is 5.32 Å². The Bertz CT molecular complexity index is 500. The van der Waals surface area contributed by atoms with Crippen molar-refractivity contribution >= 4 is 11.9 Å². The van der Waals surface area contributed by atoms with Crippen LogP contribution in [0.3, 0.4) is 0 Å².